The van der Waals surface area contributed by atoms with Gasteiger partial charge in [0, 0.05) is 12.1 Å². The molecule has 0 atom stereocenters. The number of nitrogen functional groups attached to an aromatic ring is 1. The highest BCUT2D eigenvalue weighted by Crippen LogP contribution is 2.23. The second-order valence-electron chi connectivity index (χ2n) is 3.35. The first-order valence-corrected chi connectivity index (χ1v) is 4.67. The third-order valence-electron chi connectivity index (χ3n) is 2.05. The molecule has 0 aliphatic heterocycles. The summed E-state index contributed by atoms with van der Waals surface area (Å²) in [6.07, 6.45) is -0.332. The predicted molar refractivity (Wildman–Crippen MR) is 61.4 cm³/mol. The second-order valence-corrected chi connectivity index (χ2v) is 3.35. The van der Waals surface area contributed by atoms with Crippen LogP contribution in [0.15, 0.2) is 12.1 Å². The number of nitrogens with two attached hydrogens (primary N) is 1. The van der Waals surface area contributed by atoms with Gasteiger partial charge in [-0.2, -0.15) is 0 Å². The molecule has 0 radical (unpaired) electrons. The Hall–Kier alpha value is -2.55. The number of benzene rings is 1. The maximum Gasteiger partial charge on any atom is 0.315 e. The Morgan fingerprint density at radius 1 is 1.59 bits per heavy atom. The molecule has 0 saturated carbocycles. The Bertz CT molecular complexity index is 540. The fourth-order valence-electron chi connectivity index (χ4n) is 1.20. The molecule has 0 aliphatic carbocycles. The van der Waals surface area contributed by atoms with E-state index >= 15 is 0 Å². The lowest BCUT2D eigenvalue weighted by molar-refractivity contribution is -0.384. The van der Waals surface area contributed by atoms with Crippen molar-refractivity contribution in [2.75, 3.05) is 5.73 Å². The van der Waals surface area contributed by atoms with Crippen molar-refractivity contribution in [1.29, 1.82) is 0 Å². The van der Waals surface area contributed by atoms with Crippen LogP contribution in [0, 0.1) is 28.9 Å². The minimum Gasteiger partial charge on any atom is -0.481 e. The zero-order valence-corrected chi connectivity index (χ0v) is 9.06. The van der Waals surface area contributed by atoms with Crippen molar-refractivity contribution in [2.24, 2.45) is 0 Å². The third-order valence-corrected chi connectivity index (χ3v) is 2.05. The minimum atomic E-state index is -1.06. The van der Waals surface area contributed by atoms with Gasteiger partial charge in [0.1, 0.15) is 6.42 Å². The molecular weight excluding hydrogens is 224 g/mol. The number of carboxylic acid groups (broad SMARTS) is 1. The number of rotatable bonds is 2. The van der Waals surface area contributed by atoms with E-state index in [0.29, 0.717) is 11.3 Å². The van der Waals surface area contributed by atoms with E-state index in [0.717, 1.165) is 0 Å². The zero-order valence-electron chi connectivity index (χ0n) is 9.06. The fourth-order valence-corrected chi connectivity index (χ4v) is 1.20. The van der Waals surface area contributed by atoms with Crippen LogP contribution in [0.1, 0.15) is 17.5 Å². The molecule has 0 aromatic heterocycles. The highest BCUT2D eigenvalue weighted by atomic mass is 16.6. The van der Waals surface area contributed by atoms with Crippen LogP contribution in [0.5, 0.6) is 0 Å². The summed E-state index contributed by atoms with van der Waals surface area (Å²) < 4.78 is 0. The number of aliphatic carboxylic acids is 1. The summed E-state index contributed by atoms with van der Waals surface area (Å²) in [6, 6.07) is 2.58. The van der Waals surface area contributed by atoms with E-state index in [9.17, 15) is 14.9 Å². The molecule has 0 fully saturated rings. The van der Waals surface area contributed by atoms with Crippen LogP contribution in [0.2, 0.25) is 0 Å². The Morgan fingerprint density at radius 3 is 2.76 bits per heavy atom. The highest BCUT2D eigenvalue weighted by molar-refractivity contribution is 5.71. The van der Waals surface area contributed by atoms with Gasteiger partial charge in [-0.3, -0.25) is 14.9 Å². The number of nitrogens with zero attached hydrogens (tertiary/aromatic N) is 1. The maximum atomic E-state index is 10.6. The van der Waals surface area contributed by atoms with Gasteiger partial charge >= 0.3 is 5.97 Å². The van der Waals surface area contributed by atoms with Crippen molar-refractivity contribution in [2.45, 2.75) is 13.3 Å². The van der Waals surface area contributed by atoms with Gasteiger partial charge in [-0.25, -0.2) is 0 Å². The summed E-state index contributed by atoms with van der Waals surface area (Å²) in [5.41, 5.74) is 6.73. The number of aryl methyl sites for hydroxylation is 1. The predicted octanol–water partition coefficient (Wildman–Crippen LogP) is 1.31. The number of nitro groups is 1. The average molecular weight is 234 g/mol. The van der Waals surface area contributed by atoms with E-state index in [1.807, 2.05) is 0 Å². The lowest BCUT2D eigenvalue weighted by Gasteiger charge is -2.02. The molecule has 0 aliphatic rings. The van der Waals surface area contributed by atoms with Gasteiger partial charge < -0.3 is 10.8 Å². The summed E-state index contributed by atoms with van der Waals surface area (Å²) in [5.74, 6) is 3.85. The third kappa shape index (κ3) is 3.21. The zero-order chi connectivity index (χ0) is 13.0. The van der Waals surface area contributed by atoms with Crippen molar-refractivity contribution < 1.29 is 14.8 Å². The molecule has 88 valence electrons. The van der Waals surface area contributed by atoms with Crippen LogP contribution in [0.25, 0.3) is 0 Å². The van der Waals surface area contributed by atoms with Crippen LogP contribution in [0.3, 0.4) is 0 Å². The van der Waals surface area contributed by atoms with Crippen molar-refractivity contribution in [3.63, 3.8) is 0 Å². The Labute approximate surface area is 97.2 Å². The van der Waals surface area contributed by atoms with Crippen LogP contribution < -0.4 is 5.73 Å². The first-order chi connectivity index (χ1) is 7.91. The molecule has 6 nitrogen and oxygen atoms in total. The molecule has 0 bridgehead atoms. The quantitative estimate of drug-likeness (QED) is 0.347. The molecule has 0 spiro atoms. The number of non-ortho nitro benzene ring substituents is 1. The number of carboxylic acids is 1. The number of anilines is 1. The van der Waals surface area contributed by atoms with Crippen molar-refractivity contribution in [1.82, 2.24) is 0 Å². The van der Waals surface area contributed by atoms with E-state index < -0.39 is 10.9 Å². The molecule has 0 amide bonds. The van der Waals surface area contributed by atoms with Crippen LogP contribution >= 0.6 is 0 Å². The standard InChI is InChI=1S/C11H10N2O4/c1-7-5-9(13(16)17)6-8(11(7)12)3-2-4-10(14)15/h5-6H,4,12H2,1H3,(H,14,15). The van der Waals surface area contributed by atoms with Gasteiger partial charge in [0.2, 0.25) is 0 Å². The van der Waals surface area contributed by atoms with Gasteiger partial charge in [-0.1, -0.05) is 11.8 Å². The normalized spacial score (nSPS) is 9.24. The fraction of sp³-hybridized carbons (Fsp3) is 0.182. The van der Waals surface area contributed by atoms with Gasteiger partial charge in [0.15, 0.2) is 0 Å². The molecule has 0 heterocycles. The molecule has 17 heavy (non-hydrogen) atoms. The monoisotopic (exact) mass is 234 g/mol. The number of hydrogen-bond donors (Lipinski definition) is 2. The summed E-state index contributed by atoms with van der Waals surface area (Å²) in [7, 11) is 0. The van der Waals surface area contributed by atoms with Crippen LogP contribution in [-0.4, -0.2) is 16.0 Å². The molecule has 1 aromatic carbocycles. The number of nitro benzene ring substituents is 1. The Balaban J connectivity index is 3.17. The highest BCUT2D eigenvalue weighted by Gasteiger charge is 2.10. The molecule has 6 heteroatoms. The largest absolute Gasteiger partial charge is 0.481 e. The second kappa shape index (κ2) is 4.99. The van der Waals surface area contributed by atoms with Gasteiger partial charge in [0.25, 0.3) is 5.69 Å². The molecule has 1 rings (SSSR count). The Morgan fingerprint density at radius 2 is 2.24 bits per heavy atom. The van der Waals surface area contributed by atoms with Crippen molar-refractivity contribution in [3.05, 3.63) is 33.4 Å². The Kier molecular flexibility index (Phi) is 3.67. The maximum absolute atomic E-state index is 10.6. The number of carbonyl (C=O) groups is 1. The van der Waals surface area contributed by atoms with Gasteiger partial charge in [-0.05, 0) is 12.5 Å². The van der Waals surface area contributed by atoms with E-state index in [1.54, 1.807) is 6.92 Å². The molecule has 0 unspecified atom stereocenters. The summed E-state index contributed by atoms with van der Waals surface area (Å²) in [5, 5.41) is 19.0. The van der Waals surface area contributed by atoms with E-state index in [-0.39, 0.29) is 17.7 Å². The van der Waals surface area contributed by atoms with Crippen molar-refractivity contribution in [3.8, 4) is 11.8 Å². The summed E-state index contributed by atoms with van der Waals surface area (Å²) in [4.78, 5) is 20.3. The van der Waals surface area contributed by atoms with Gasteiger partial charge in [-0.15, -0.1) is 0 Å². The average Bonchev–Trinajstić information content (AvgIpc) is 2.23. The molecule has 0 saturated heterocycles. The number of hydrogen-bond acceptors (Lipinski definition) is 4. The summed E-state index contributed by atoms with van der Waals surface area (Å²) >= 11 is 0. The van der Waals surface area contributed by atoms with E-state index in [1.165, 1.54) is 12.1 Å². The van der Waals surface area contributed by atoms with Crippen LogP contribution in [-0.2, 0) is 4.79 Å². The molecular formula is C11H10N2O4. The van der Waals surface area contributed by atoms with Gasteiger partial charge in [0.05, 0.1) is 16.2 Å². The van der Waals surface area contributed by atoms with Crippen LogP contribution in [0.4, 0.5) is 11.4 Å². The lowest BCUT2D eigenvalue weighted by atomic mass is 10.1. The molecule has 1 aromatic rings. The first-order valence-electron chi connectivity index (χ1n) is 4.67. The lowest BCUT2D eigenvalue weighted by Crippen LogP contribution is -1.98. The summed E-state index contributed by atoms with van der Waals surface area (Å²) in [6.45, 7) is 1.63. The minimum absolute atomic E-state index is 0.115. The smallest absolute Gasteiger partial charge is 0.315 e. The first kappa shape index (κ1) is 12.5. The topological polar surface area (TPSA) is 106 Å². The van der Waals surface area contributed by atoms with E-state index in [2.05, 4.69) is 11.8 Å². The molecule has 3 N–H and O–H groups in total. The van der Waals surface area contributed by atoms with Crippen molar-refractivity contribution >= 4 is 17.3 Å². The van der Waals surface area contributed by atoms with E-state index in [4.69, 9.17) is 10.8 Å². The SMILES string of the molecule is Cc1cc([N+](=O)[O-])cc(C#CCC(=O)O)c1N.